The van der Waals surface area contributed by atoms with Gasteiger partial charge in [0.05, 0.1) is 18.6 Å². The second kappa shape index (κ2) is 12.0. The third-order valence-corrected chi connectivity index (χ3v) is 4.26. The van der Waals surface area contributed by atoms with E-state index in [1.54, 1.807) is 13.8 Å². The van der Waals surface area contributed by atoms with Crippen molar-refractivity contribution in [3.05, 3.63) is 0 Å². The Hall–Kier alpha value is -2.73. The molecule has 0 rings (SSSR count). The lowest BCUT2D eigenvalue weighted by atomic mass is 9.98. The molecule has 0 bridgehead atoms. The Balaban J connectivity index is 5.46. The summed E-state index contributed by atoms with van der Waals surface area (Å²) >= 11 is 0. The van der Waals surface area contributed by atoms with Crippen molar-refractivity contribution in [1.82, 2.24) is 16.0 Å². The van der Waals surface area contributed by atoms with E-state index in [1.165, 1.54) is 13.8 Å². The summed E-state index contributed by atoms with van der Waals surface area (Å²) < 4.78 is 0. The van der Waals surface area contributed by atoms with E-state index in [-0.39, 0.29) is 0 Å². The average Bonchev–Trinajstić information content (AvgIpc) is 2.61. The Morgan fingerprint density at radius 2 is 1.38 bits per heavy atom. The highest BCUT2D eigenvalue weighted by Crippen LogP contribution is 2.09. The number of nitrogens with two attached hydrogens (primary N) is 1. The lowest BCUT2D eigenvalue weighted by Gasteiger charge is -2.26. The molecule has 0 saturated carbocycles. The van der Waals surface area contributed by atoms with E-state index in [4.69, 9.17) is 10.8 Å². The fraction of sp³-hybridized carbons (Fsp3) is 0.706. The van der Waals surface area contributed by atoms with Gasteiger partial charge in [-0.2, -0.15) is 0 Å². The third kappa shape index (κ3) is 8.87. The van der Waals surface area contributed by atoms with Crippen molar-refractivity contribution in [1.29, 1.82) is 0 Å². The summed E-state index contributed by atoms with van der Waals surface area (Å²) in [4.78, 5) is 59.1. The molecule has 0 aliphatic heterocycles. The Kier molecular flexibility index (Phi) is 10.8. The number of aliphatic hydroxyl groups is 1. The lowest BCUT2D eigenvalue weighted by Crippen LogP contribution is -2.60. The van der Waals surface area contributed by atoms with E-state index in [9.17, 15) is 34.2 Å². The van der Waals surface area contributed by atoms with Crippen LogP contribution in [0.1, 0.15) is 40.5 Å². The molecule has 0 spiro atoms. The number of hydrogen-bond donors (Lipinski definition) is 7. The van der Waals surface area contributed by atoms with Crippen molar-refractivity contribution in [2.24, 2.45) is 11.7 Å². The number of rotatable bonds is 12. The molecule has 166 valence electrons. The van der Waals surface area contributed by atoms with Crippen molar-refractivity contribution < 1.29 is 39.3 Å². The zero-order chi connectivity index (χ0) is 22.9. The summed E-state index contributed by atoms with van der Waals surface area (Å²) in [5.74, 6) is -5.96. The van der Waals surface area contributed by atoms with Gasteiger partial charge in [0.25, 0.3) is 0 Å². The maximum absolute atomic E-state index is 12.4. The predicted molar refractivity (Wildman–Crippen MR) is 100 cm³/mol. The summed E-state index contributed by atoms with van der Waals surface area (Å²) in [5, 5.41) is 34.6. The van der Waals surface area contributed by atoms with Gasteiger partial charge in [-0.1, -0.05) is 20.3 Å². The van der Waals surface area contributed by atoms with E-state index in [0.29, 0.717) is 6.42 Å². The minimum atomic E-state index is -1.63. The molecule has 0 aromatic carbocycles. The number of aliphatic carboxylic acids is 2. The number of carbonyl (C=O) groups is 5. The van der Waals surface area contributed by atoms with Gasteiger partial charge in [-0.15, -0.1) is 0 Å². The van der Waals surface area contributed by atoms with Crippen LogP contribution < -0.4 is 21.7 Å². The molecule has 12 heteroatoms. The number of amides is 3. The molecule has 6 unspecified atom stereocenters. The van der Waals surface area contributed by atoms with E-state index in [1.807, 2.05) is 0 Å². The molecule has 0 aliphatic carbocycles. The van der Waals surface area contributed by atoms with E-state index in [0.717, 1.165) is 0 Å². The second-order valence-electron chi connectivity index (χ2n) is 6.88. The molecule has 3 amide bonds. The summed E-state index contributed by atoms with van der Waals surface area (Å²) in [5.41, 5.74) is 5.40. The molecule has 0 aromatic heterocycles. The maximum atomic E-state index is 12.4. The van der Waals surface area contributed by atoms with Gasteiger partial charge in [0.15, 0.2) is 0 Å². The molecule has 0 fully saturated rings. The Bertz CT molecular complexity index is 623. The first-order chi connectivity index (χ1) is 13.3. The zero-order valence-corrected chi connectivity index (χ0v) is 16.8. The van der Waals surface area contributed by atoms with Gasteiger partial charge < -0.3 is 37.0 Å². The maximum Gasteiger partial charge on any atom is 0.326 e. The molecule has 0 aromatic rings. The SMILES string of the molecule is CCC(C)C(NC(=O)C(CC(=O)O)NC(=O)C(NC(=O)C(C)N)C(C)O)C(=O)O. The van der Waals surface area contributed by atoms with Gasteiger partial charge >= 0.3 is 11.9 Å². The van der Waals surface area contributed by atoms with Crippen LogP contribution in [-0.4, -0.2) is 75.3 Å². The molecular formula is C17H30N4O8. The lowest BCUT2D eigenvalue weighted by molar-refractivity contribution is -0.145. The zero-order valence-electron chi connectivity index (χ0n) is 16.8. The first-order valence-corrected chi connectivity index (χ1v) is 9.11. The number of carboxylic acids is 2. The Morgan fingerprint density at radius 3 is 1.76 bits per heavy atom. The van der Waals surface area contributed by atoms with E-state index >= 15 is 0 Å². The van der Waals surface area contributed by atoms with Crippen LogP contribution in [0.2, 0.25) is 0 Å². The van der Waals surface area contributed by atoms with Crippen molar-refractivity contribution in [2.45, 2.75) is 70.8 Å². The second-order valence-corrected chi connectivity index (χ2v) is 6.88. The van der Waals surface area contributed by atoms with Crippen LogP contribution >= 0.6 is 0 Å². The fourth-order valence-corrected chi connectivity index (χ4v) is 2.27. The fourth-order valence-electron chi connectivity index (χ4n) is 2.27. The van der Waals surface area contributed by atoms with Crippen LogP contribution in [0.25, 0.3) is 0 Å². The van der Waals surface area contributed by atoms with Crippen molar-refractivity contribution >= 4 is 29.7 Å². The summed E-state index contributed by atoms with van der Waals surface area (Å²) in [7, 11) is 0. The van der Waals surface area contributed by atoms with E-state index in [2.05, 4.69) is 16.0 Å². The largest absolute Gasteiger partial charge is 0.481 e. The first kappa shape index (κ1) is 26.3. The molecule has 8 N–H and O–H groups in total. The predicted octanol–water partition coefficient (Wildman–Crippen LogP) is -2.23. The van der Waals surface area contributed by atoms with Crippen molar-refractivity contribution in [3.63, 3.8) is 0 Å². The highest BCUT2D eigenvalue weighted by Gasteiger charge is 2.34. The normalized spacial score (nSPS) is 17.0. The minimum absolute atomic E-state index is 0.431. The third-order valence-electron chi connectivity index (χ3n) is 4.26. The number of aliphatic hydroxyl groups excluding tert-OH is 1. The first-order valence-electron chi connectivity index (χ1n) is 9.11. The minimum Gasteiger partial charge on any atom is -0.481 e. The standard InChI is InChI=1S/C17H30N4O8/c1-5-7(2)12(17(28)29)20-15(26)10(6-11(23)24)19-16(27)13(9(4)22)21-14(25)8(3)18/h7-10,12-13,22H,5-6,18H2,1-4H3,(H,19,27)(H,20,26)(H,21,25)(H,23,24)(H,28,29). The van der Waals surface area contributed by atoms with Gasteiger partial charge in [0.1, 0.15) is 18.1 Å². The van der Waals surface area contributed by atoms with Gasteiger partial charge in [-0.3, -0.25) is 19.2 Å². The molecule has 0 heterocycles. The number of nitrogens with one attached hydrogen (secondary N) is 3. The summed E-state index contributed by atoms with van der Waals surface area (Å²) in [6.07, 6.45) is -1.78. The van der Waals surface area contributed by atoms with Crippen LogP contribution in [0.15, 0.2) is 0 Å². The summed E-state index contributed by atoms with van der Waals surface area (Å²) in [6, 6.07) is -5.39. The quantitative estimate of drug-likeness (QED) is 0.183. The molecule has 29 heavy (non-hydrogen) atoms. The average molecular weight is 418 g/mol. The highest BCUT2D eigenvalue weighted by molar-refractivity contribution is 5.95. The topological polar surface area (TPSA) is 208 Å². The van der Waals surface area contributed by atoms with E-state index < -0.39 is 72.3 Å². The highest BCUT2D eigenvalue weighted by atomic mass is 16.4. The van der Waals surface area contributed by atoms with Crippen molar-refractivity contribution in [3.8, 4) is 0 Å². The molecule has 6 atom stereocenters. The van der Waals surface area contributed by atoms with Crippen molar-refractivity contribution in [2.75, 3.05) is 0 Å². The van der Waals surface area contributed by atoms with Gasteiger partial charge in [0.2, 0.25) is 17.7 Å². The Labute approximate surface area is 168 Å². The van der Waals surface area contributed by atoms with Gasteiger partial charge in [-0.25, -0.2) is 4.79 Å². The van der Waals surface area contributed by atoms with Gasteiger partial charge in [-0.05, 0) is 19.8 Å². The van der Waals surface area contributed by atoms with Gasteiger partial charge in [0, 0.05) is 0 Å². The number of carbonyl (C=O) groups excluding carboxylic acids is 3. The molecule has 0 aliphatic rings. The molecule has 12 nitrogen and oxygen atoms in total. The monoisotopic (exact) mass is 418 g/mol. The Morgan fingerprint density at radius 1 is 0.862 bits per heavy atom. The molecule has 0 saturated heterocycles. The molecular weight excluding hydrogens is 388 g/mol. The number of hydrogen-bond acceptors (Lipinski definition) is 7. The van der Waals surface area contributed by atoms with Crippen LogP contribution in [0.5, 0.6) is 0 Å². The van der Waals surface area contributed by atoms with Crippen LogP contribution in [0.3, 0.4) is 0 Å². The smallest absolute Gasteiger partial charge is 0.326 e. The molecule has 0 radical (unpaired) electrons. The number of carboxylic acid groups (broad SMARTS) is 2. The van der Waals surface area contributed by atoms with Crippen LogP contribution in [-0.2, 0) is 24.0 Å². The van der Waals surface area contributed by atoms with Crippen LogP contribution in [0, 0.1) is 5.92 Å². The van der Waals surface area contributed by atoms with Crippen LogP contribution in [0.4, 0.5) is 0 Å². The summed E-state index contributed by atoms with van der Waals surface area (Å²) in [6.45, 7) is 5.88.